The van der Waals surface area contributed by atoms with Gasteiger partial charge >= 0.3 is 0 Å². The van der Waals surface area contributed by atoms with Crippen LogP contribution in [-0.2, 0) is 0 Å². The van der Waals surface area contributed by atoms with E-state index in [9.17, 15) is 0 Å². The number of fused-ring (bicyclic) bond motifs is 6. The zero-order chi connectivity index (χ0) is 33.0. The largest absolute Gasteiger partial charge is 0.456 e. The van der Waals surface area contributed by atoms with Crippen LogP contribution in [0.4, 0.5) is 0 Å². The third-order valence-electron chi connectivity index (χ3n) is 9.20. The molecule has 10 aromatic rings. The van der Waals surface area contributed by atoms with Crippen molar-refractivity contribution < 1.29 is 8.83 Å². The molecule has 0 aliphatic carbocycles. The van der Waals surface area contributed by atoms with E-state index in [4.69, 9.17) is 28.8 Å². The first-order valence-corrected chi connectivity index (χ1v) is 16.5. The highest BCUT2D eigenvalue weighted by Gasteiger charge is 2.18. The van der Waals surface area contributed by atoms with Gasteiger partial charge in [-0.2, -0.15) is 0 Å². The molecule has 0 amide bonds. The second kappa shape index (κ2) is 11.4. The number of hydrogen-bond acceptors (Lipinski definition) is 6. The lowest BCUT2D eigenvalue weighted by molar-refractivity contribution is 0.620. The van der Waals surface area contributed by atoms with Crippen molar-refractivity contribution in [3.8, 4) is 56.7 Å². The van der Waals surface area contributed by atoms with Gasteiger partial charge < -0.3 is 8.83 Å². The molecule has 0 spiro atoms. The van der Waals surface area contributed by atoms with Crippen LogP contribution in [0.25, 0.3) is 101 Å². The lowest BCUT2D eigenvalue weighted by Gasteiger charge is -2.11. The fraction of sp³-hybridized carbons (Fsp3) is 0. The first-order valence-electron chi connectivity index (χ1n) is 16.5. The van der Waals surface area contributed by atoms with Gasteiger partial charge in [-0.3, -0.25) is 0 Å². The van der Waals surface area contributed by atoms with Crippen molar-refractivity contribution >= 4 is 43.8 Å². The Morgan fingerprint density at radius 1 is 0.320 bits per heavy atom. The molecule has 0 saturated carbocycles. The number of furan rings is 1. The van der Waals surface area contributed by atoms with E-state index in [0.717, 1.165) is 77.2 Å². The minimum Gasteiger partial charge on any atom is -0.456 e. The molecule has 0 aliphatic rings. The number of oxazole rings is 1. The van der Waals surface area contributed by atoms with E-state index >= 15 is 0 Å². The van der Waals surface area contributed by atoms with Crippen LogP contribution in [0.15, 0.2) is 167 Å². The van der Waals surface area contributed by atoms with E-state index in [-0.39, 0.29) is 0 Å². The molecule has 3 aromatic heterocycles. The van der Waals surface area contributed by atoms with Crippen molar-refractivity contribution in [3.63, 3.8) is 0 Å². The molecule has 0 bridgehead atoms. The molecule has 6 nitrogen and oxygen atoms in total. The SMILES string of the molecule is c1ccc(-c2nc(-c3ccccc3)nc(-c3ccc(-c4cccc5c(-c6nc7c(ccc8oc9ccccc9c87)o6)cccc45)cc3)n2)cc1. The van der Waals surface area contributed by atoms with Crippen molar-refractivity contribution in [1.82, 2.24) is 19.9 Å². The summed E-state index contributed by atoms with van der Waals surface area (Å²) in [4.78, 5) is 19.7. The number of nitrogens with zero attached hydrogens (tertiary/aromatic N) is 4. The number of benzene rings is 7. The quantitative estimate of drug-likeness (QED) is 0.186. The Kier molecular flexibility index (Phi) is 6.39. The van der Waals surface area contributed by atoms with Gasteiger partial charge in [0.1, 0.15) is 16.7 Å². The van der Waals surface area contributed by atoms with Gasteiger partial charge in [0, 0.05) is 27.6 Å². The Labute approximate surface area is 286 Å². The van der Waals surface area contributed by atoms with Gasteiger partial charge in [-0.05, 0) is 46.2 Å². The predicted molar refractivity (Wildman–Crippen MR) is 199 cm³/mol. The molecular weight excluding hydrogens is 617 g/mol. The molecule has 0 aliphatic heterocycles. The van der Waals surface area contributed by atoms with Crippen LogP contribution in [-0.4, -0.2) is 19.9 Å². The average Bonchev–Trinajstić information content (AvgIpc) is 3.80. The summed E-state index contributed by atoms with van der Waals surface area (Å²) < 4.78 is 12.5. The normalized spacial score (nSPS) is 11.6. The lowest BCUT2D eigenvalue weighted by atomic mass is 9.95. The van der Waals surface area contributed by atoms with Gasteiger partial charge in [-0.15, -0.1) is 0 Å². The first-order chi connectivity index (χ1) is 24.8. The first kappa shape index (κ1) is 28.1. The summed E-state index contributed by atoms with van der Waals surface area (Å²) in [5, 5.41) is 4.17. The third kappa shape index (κ3) is 4.65. The highest BCUT2D eigenvalue weighted by atomic mass is 16.4. The smallest absolute Gasteiger partial charge is 0.227 e. The number of aromatic nitrogens is 4. The van der Waals surface area contributed by atoms with E-state index in [2.05, 4.69) is 66.7 Å². The minimum absolute atomic E-state index is 0.578. The summed E-state index contributed by atoms with van der Waals surface area (Å²) >= 11 is 0. The molecule has 10 rings (SSSR count). The molecule has 7 aromatic carbocycles. The second-order valence-electron chi connectivity index (χ2n) is 12.2. The molecule has 0 unspecified atom stereocenters. The van der Waals surface area contributed by atoms with Crippen molar-refractivity contribution in [2.45, 2.75) is 0 Å². The maximum Gasteiger partial charge on any atom is 0.227 e. The van der Waals surface area contributed by atoms with Crippen LogP contribution in [0, 0.1) is 0 Å². The molecule has 234 valence electrons. The van der Waals surface area contributed by atoms with Gasteiger partial charge in [0.15, 0.2) is 23.1 Å². The summed E-state index contributed by atoms with van der Waals surface area (Å²) in [6.45, 7) is 0. The van der Waals surface area contributed by atoms with Gasteiger partial charge in [0.05, 0.1) is 5.39 Å². The summed E-state index contributed by atoms with van der Waals surface area (Å²) in [7, 11) is 0. The van der Waals surface area contributed by atoms with Crippen LogP contribution in [0.2, 0.25) is 0 Å². The molecule has 0 saturated heterocycles. The predicted octanol–water partition coefficient (Wildman–Crippen LogP) is 11.4. The lowest BCUT2D eigenvalue weighted by Crippen LogP contribution is -2.00. The molecule has 0 radical (unpaired) electrons. The molecular formula is C44H26N4O2. The van der Waals surface area contributed by atoms with Crippen molar-refractivity contribution in [2.75, 3.05) is 0 Å². The van der Waals surface area contributed by atoms with Gasteiger partial charge in [0.2, 0.25) is 5.89 Å². The van der Waals surface area contributed by atoms with Crippen LogP contribution in [0.3, 0.4) is 0 Å². The van der Waals surface area contributed by atoms with Gasteiger partial charge in [-0.25, -0.2) is 19.9 Å². The van der Waals surface area contributed by atoms with Crippen LogP contribution >= 0.6 is 0 Å². The van der Waals surface area contributed by atoms with Crippen LogP contribution in [0.1, 0.15) is 0 Å². The van der Waals surface area contributed by atoms with E-state index in [1.807, 2.05) is 91.0 Å². The number of rotatable bonds is 5. The van der Waals surface area contributed by atoms with Crippen LogP contribution < -0.4 is 0 Å². The fourth-order valence-electron chi connectivity index (χ4n) is 6.80. The summed E-state index contributed by atoms with van der Waals surface area (Å²) in [6, 6.07) is 53.1. The van der Waals surface area contributed by atoms with Crippen molar-refractivity contribution in [1.29, 1.82) is 0 Å². The molecule has 3 heterocycles. The fourth-order valence-corrected chi connectivity index (χ4v) is 6.80. The van der Waals surface area contributed by atoms with Crippen molar-refractivity contribution in [2.24, 2.45) is 0 Å². The number of para-hydroxylation sites is 1. The standard InChI is InChI=1S/C44H26N4O2/c1-3-11-28(12-4-1)41-46-42(29-13-5-2-6-14-29)48-43(47-41)30-23-21-27(22-24-30)31-16-9-18-33-32(31)17-10-19-34(33)44-45-40-38(50-44)26-25-37-39(40)35-15-7-8-20-36(35)49-37/h1-26H. The second-order valence-corrected chi connectivity index (χ2v) is 12.2. The Balaban J connectivity index is 1.05. The topological polar surface area (TPSA) is 77.8 Å². The van der Waals surface area contributed by atoms with E-state index in [0.29, 0.717) is 23.4 Å². The van der Waals surface area contributed by atoms with Gasteiger partial charge in [-0.1, -0.05) is 133 Å². The molecule has 0 atom stereocenters. The Bertz CT molecular complexity index is 2800. The minimum atomic E-state index is 0.578. The summed E-state index contributed by atoms with van der Waals surface area (Å²) in [5.41, 5.74) is 9.10. The highest BCUT2D eigenvalue weighted by Crippen LogP contribution is 2.39. The van der Waals surface area contributed by atoms with Gasteiger partial charge in [0.25, 0.3) is 0 Å². The van der Waals surface area contributed by atoms with Crippen LogP contribution in [0.5, 0.6) is 0 Å². The Morgan fingerprint density at radius 3 is 1.52 bits per heavy atom. The average molecular weight is 643 g/mol. The maximum absolute atomic E-state index is 6.41. The molecule has 6 heteroatoms. The Morgan fingerprint density at radius 2 is 0.840 bits per heavy atom. The third-order valence-corrected chi connectivity index (χ3v) is 9.20. The molecule has 0 N–H and O–H groups in total. The highest BCUT2D eigenvalue weighted by molar-refractivity contribution is 6.17. The molecule has 50 heavy (non-hydrogen) atoms. The van der Waals surface area contributed by atoms with E-state index in [1.165, 1.54) is 0 Å². The summed E-state index contributed by atoms with van der Waals surface area (Å²) in [6.07, 6.45) is 0. The monoisotopic (exact) mass is 642 g/mol. The van der Waals surface area contributed by atoms with E-state index < -0.39 is 0 Å². The maximum atomic E-state index is 6.41. The van der Waals surface area contributed by atoms with Crippen molar-refractivity contribution in [3.05, 3.63) is 158 Å². The zero-order valence-corrected chi connectivity index (χ0v) is 26.6. The molecule has 0 fully saturated rings. The number of hydrogen-bond donors (Lipinski definition) is 0. The Hall–Kier alpha value is -6.92. The summed E-state index contributed by atoms with van der Waals surface area (Å²) in [5.74, 6) is 2.48. The van der Waals surface area contributed by atoms with E-state index in [1.54, 1.807) is 0 Å². The zero-order valence-electron chi connectivity index (χ0n) is 26.6.